The van der Waals surface area contributed by atoms with Gasteiger partial charge >= 0.3 is 0 Å². The molecular weight excluding hydrogens is 282 g/mol. The van der Waals surface area contributed by atoms with Crippen LogP contribution in [0.3, 0.4) is 0 Å². The maximum Gasteiger partial charge on any atom is 0.246 e. The predicted octanol–water partition coefficient (Wildman–Crippen LogP) is 3.74. The van der Waals surface area contributed by atoms with Crippen LogP contribution in [0.15, 0.2) is 41.8 Å². The summed E-state index contributed by atoms with van der Waals surface area (Å²) in [5.74, 6) is 0.743. The maximum atomic E-state index is 12.2. The Balaban J connectivity index is 2.03. The summed E-state index contributed by atoms with van der Waals surface area (Å²) in [6.07, 6.45) is 3.37. The molecule has 3 nitrogen and oxygen atoms in total. The third-order valence-electron chi connectivity index (χ3n) is 3.27. The van der Waals surface area contributed by atoms with Gasteiger partial charge in [0, 0.05) is 23.6 Å². The van der Waals surface area contributed by atoms with E-state index in [2.05, 4.69) is 13.0 Å². The van der Waals surface area contributed by atoms with Gasteiger partial charge in [0.15, 0.2) is 0 Å². The summed E-state index contributed by atoms with van der Waals surface area (Å²) in [7, 11) is 3.44. The number of hydrogen-bond acceptors (Lipinski definition) is 3. The number of aryl methyl sites for hydroxylation is 1. The first-order chi connectivity index (χ1) is 10.1. The van der Waals surface area contributed by atoms with Crippen molar-refractivity contribution in [1.82, 2.24) is 4.90 Å². The monoisotopic (exact) mass is 301 g/mol. The van der Waals surface area contributed by atoms with Crippen molar-refractivity contribution in [2.45, 2.75) is 13.5 Å². The summed E-state index contributed by atoms with van der Waals surface area (Å²) in [6.45, 7) is 2.70. The topological polar surface area (TPSA) is 29.5 Å². The third kappa shape index (κ3) is 3.95. The summed E-state index contributed by atoms with van der Waals surface area (Å²) in [5.41, 5.74) is 2.13. The average molecular weight is 301 g/mol. The molecule has 4 heteroatoms. The number of thiophene rings is 1. The molecule has 1 aromatic heterocycles. The highest BCUT2D eigenvalue weighted by atomic mass is 32.1. The maximum absolute atomic E-state index is 12.2. The predicted molar refractivity (Wildman–Crippen MR) is 87.6 cm³/mol. The molecule has 0 aliphatic heterocycles. The van der Waals surface area contributed by atoms with Crippen LogP contribution in [0, 0.1) is 6.92 Å². The van der Waals surface area contributed by atoms with Crippen molar-refractivity contribution in [1.29, 1.82) is 0 Å². The first kappa shape index (κ1) is 15.3. The van der Waals surface area contributed by atoms with Crippen molar-refractivity contribution in [2.24, 2.45) is 0 Å². The highest BCUT2D eigenvalue weighted by Crippen LogP contribution is 2.20. The zero-order chi connectivity index (χ0) is 15.2. The average Bonchev–Trinajstić information content (AvgIpc) is 2.90. The Labute approximate surface area is 129 Å². The van der Waals surface area contributed by atoms with E-state index in [0.717, 1.165) is 11.3 Å². The van der Waals surface area contributed by atoms with Crippen LogP contribution in [0.5, 0.6) is 5.75 Å². The molecule has 0 fully saturated rings. The molecule has 0 saturated heterocycles. The SMILES string of the molecule is COc1ccccc1/C=C/C(=O)N(C)Cc1sccc1C. The van der Waals surface area contributed by atoms with E-state index in [0.29, 0.717) is 6.54 Å². The molecule has 0 saturated carbocycles. The summed E-state index contributed by atoms with van der Waals surface area (Å²) in [5, 5.41) is 2.05. The van der Waals surface area contributed by atoms with Gasteiger partial charge in [0.25, 0.3) is 0 Å². The van der Waals surface area contributed by atoms with Crippen molar-refractivity contribution in [3.63, 3.8) is 0 Å². The van der Waals surface area contributed by atoms with Crippen LogP contribution < -0.4 is 4.74 Å². The number of benzene rings is 1. The summed E-state index contributed by atoms with van der Waals surface area (Å²) in [4.78, 5) is 15.1. The van der Waals surface area contributed by atoms with Crippen LogP contribution in [-0.4, -0.2) is 25.0 Å². The molecule has 2 rings (SSSR count). The second-order valence-corrected chi connectivity index (χ2v) is 5.80. The first-order valence-corrected chi connectivity index (χ1v) is 7.59. The quantitative estimate of drug-likeness (QED) is 0.787. The van der Waals surface area contributed by atoms with Crippen molar-refractivity contribution in [3.05, 3.63) is 57.8 Å². The second-order valence-electron chi connectivity index (χ2n) is 4.80. The lowest BCUT2D eigenvalue weighted by Crippen LogP contribution is -2.23. The number of carbonyl (C=O) groups is 1. The molecule has 0 spiro atoms. The van der Waals surface area contributed by atoms with Crippen LogP contribution in [-0.2, 0) is 11.3 Å². The Hall–Kier alpha value is -2.07. The molecule has 0 N–H and O–H groups in total. The summed E-state index contributed by atoms with van der Waals surface area (Å²) in [6, 6.07) is 9.70. The fourth-order valence-corrected chi connectivity index (χ4v) is 2.91. The highest BCUT2D eigenvalue weighted by molar-refractivity contribution is 7.10. The first-order valence-electron chi connectivity index (χ1n) is 6.71. The van der Waals surface area contributed by atoms with Gasteiger partial charge in [-0.2, -0.15) is 0 Å². The third-order valence-corrected chi connectivity index (χ3v) is 4.28. The van der Waals surface area contributed by atoms with Crippen molar-refractivity contribution in [3.8, 4) is 5.75 Å². The Morgan fingerprint density at radius 2 is 2.10 bits per heavy atom. The fourth-order valence-electron chi connectivity index (χ4n) is 1.95. The summed E-state index contributed by atoms with van der Waals surface area (Å²) >= 11 is 1.68. The molecule has 0 radical (unpaired) electrons. The minimum Gasteiger partial charge on any atom is -0.496 e. The van der Waals surface area contributed by atoms with E-state index in [-0.39, 0.29) is 5.91 Å². The molecule has 0 aliphatic rings. The van der Waals surface area contributed by atoms with E-state index in [1.807, 2.05) is 36.7 Å². The molecule has 1 aromatic carbocycles. The molecule has 2 aromatic rings. The van der Waals surface area contributed by atoms with Gasteiger partial charge < -0.3 is 9.64 Å². The Kier molecular flexibility index (Phi) is 5.17. The zero-order valence-electron chi connectivity index (χ0n) is 12.5. The molecule has 21 heavy (non-hydrogen) atoms. The van der Waals surface area contributed by atoms with E-state index >= 15 is 0 Å². The lowest BCUT2D eigenvalue weighted by atomic mass is 10.2. The molecule has 1 heterocycles. The number of nitrogens with zero attached hydrogens (tertiary/aromatic N) is 1. The summed E-state index contributed by atoms with van der Waals surface area (Å²) < 4.78 is 5.26. The number of ether oxygens (including phenoxy) is 1. The van der Waals surface area contributed by atoms with Crippen LogP contribution in [0.4, 0.5) is 0 Å². The van der Waals surface area contributed by atoms with Crippen LogP contribution in [0.2, 0.25) is 0 Å². The van der Waals surface area contributed by atoms with Gasteiger partial charge in [0.2, 0.25) is 5.91 Å². The molecule has 0 atom stereocenters. The zero-order valence-corrected chi connectivity index (χ0v) is 13.3. The Morgan fingerprint density at radius 1 is 1.33 bits per heavy atom. The molecular formula is C17H19NO2S. The van der Waals surface area contributed by atoms with Crippen LogP contribution >= 0.6 is 11.3 Å². The van der Waals surface area contributed by atoms with Gasteiger partial charge in [-0.05, 0) is 36.1 Å². The van der Waals surface area contributed by atoms with E-state index < -0.39 is 0 Å². The molecule has 110 valence electrons. The fraction of sp³-hybridized carbons (Fsp3) is 0.235. The van der Waals surface area contributed by atoms with Gasteiger partial charge in [-0.3, -0.25) is 4.79 Å². The number of likely N-dealkylation sites (N-methyl/N-ethyl adjacent to an activating group) is 1. The number of rotatable bonds is 5. The van der Waals surface area contributed by atoms with Gasteiger partial charge in [-0.1, -0.05) is 18.2 Å². The van der Waals surface area contributed by atoms with Crippen LogP contribution in [0.1, 0.15) is 16.0 Å². The van der Waals surface area contributed by atoms with Gasteiger partial charge in [-0.25, -0.2) is 0 Å². The van der Waals surface area contributed by atoms with E-state index in [4.69, 9.17) is 4.74 Å². The lowest BCUT2D eigenvalue weighted by molar-refractivity contribution is -0.125. The second kappa shape index (κ2) is 7.09. The minimum atomic E-state index is -0.0197. The Bertz CT molecular complexity index is 646. The number of methoxy groups -OCH3 is 1. The van der Waals surface area contributed by atoms with Gasteiger partial charge in [0.05, 0.1) is 13.7 Å². The molecule has 0 bridgehead atoms. The Morgan fingerprint density at radius 3 is 2.76 bits per heavy atom. The number of para-hydroxylation sites is 1. The van der Waals surface area contributed by atoms with Crippen molar-refractivity contribution in [2.75, 3.05) is 14.2 Å². The standard InChI is InChI=1S/C17H19NO2S/c1-13-10-11-21-16(13)12-18(2)17(19)9-8-14-6-4-5-7-15(14)20-3/h4-11H,12H2,1-3H3/b9-8+. The minimum absolute atomic E-state index is 0.0197. The van der Waals surface area contributed by atoms with Gasteiger partial charge in [0.1, 0.15) is 5.75 Å². The van der Waals surface area contributed by atoms with E-state index in [1.54, 1.807) is 35.5 Å². The molecule has 0 unspecified atom stereocenters. The van der Waals surface area contributed by atoms with E-state index in [9.17, 15) is 4.79 Å². The highest BCUT2D eigenvalue weighted by Gasteiger charge is 2.09. The van der Waals surface area contributed by atoms with Crippen LogP contribution in [0.25, 0.3) is 6.08 Å². The smallest absolute Gasteiger partial charge is 0.246 e. The van der Waals surface area contributed by atoms with Gasteiger partial charge in [-0.15, -0.1) is 11.3 Å². The normalized spacial score (nSPS) is 10.8. The lowest BCUT2D eigenvalue weighted by Gasteiger charge is -2.14. The number of amides is 1. The molecule has 0 aliphatic carbocycles. The number of hydrogen-bond donors (Lipinski definition) is 0. The van der Waals surface area contributed by atoms with Crippen molar-refractivity contribution < 1.29 is 9.53 Å². The largest absolute Gasteiger partial charge is 0.496 e. The number of carbonyl (C=O) groups excluding carboxylic acids is 1. The van der Waals surface area contributed by atoms with Crippen molar-refractivity contribution >= 4 is 23.3 Å². The molecule has 1 amide bonds. The van der Waals surface area contributed by atoms with E-state index in [1.165, 1.54) is 10.4 Å².